The molecule has 13 rings (SSSR count). The lowest BCUT2D eigenvalue weighted by Crippen LogP contribution is -2.07. The number of benzene rings is 9. The molecule has 4 heterocycles. The van der Waals surface area contributed by atoms with Crippen LogP contribution in [0, 0.1) is 0 Å². The average molecular weight is 781 g/mol. The minimum atomic E-state index is 0.491. The highest BCUT2D eigenvalue weighted by Crippen LogP contribution is 2.43. The summed E-state index contributed by atoms with van der Waals surface area (Å²) in [4.78, 5) is 21.1. The zero-order valence-electron chi connectivity index (χ0n) is 32.6. The van der Waals surface area contributed by atoms with E-state index in [0.717, 1.165) is 98.5 Å². The predicted molar refractivity (Wildman–Crippen MR) is 247 cm³/mol. The second-order valence-corrected chi connectivity index (χ2v) is 15.5. The van der Waals surface area contributed by atoms with E-state index in [1.54, 1.807) is 0 Å². The molecule has 284 valence electrons. The van der Waals surface area contributed by atoms with Crippen molar-refractivity contribution in [3.63, 3.8) is 0 Å². The third kappa shape index (κ3) is 5.11. The number of nitrogens with zero attached hydrogens (tertiary/aromatic N) is 6. The fraction of sp³-hybridized carbons (Fsp3) is 0. The molecule has 0 aliphatic carbocycles. The summed E-state index contributed by atoms with van der Waals surface area (Å²) in [7, 11) is 0. The zero-order chi connectivity index (χ0) is 40.0. The summed E-state index contributed by atoms with van der Waals surface area (Å²) in [5.41, 5.74) is 9.43. The lowest BCUT2D eigenvalue weighted by molar-refractivity contribution is 0.577. The van der Waals surface area contributed by atoms with Crippen LogP contribution in [0.15, 0.2) is 199 Å². The molecule has 0 spiro atoms. The second kappa shape index (κ2) is 13.0. The molecule has 0 aliphatic rings. The van der Waals surface area contributed by atoms with Gasteiger partial charge >= 0.3 is 6.01 Å². The Bertz CT molecular complexity index is 3880. The monoisotopic (exact) mass is 780 g/mol. The summed E-state index contributed by atoms with van der Waals surface area (Å²) >= 11 is 0. The summed E-state index contributed by atoms with van der Waals surface area (Å²) in [5, 5.41) is 8.75. The van der Waals surface area contributed by atoms with Crippen LogP contribution in [0.5, 0.6) is 0 Å². The van der Waals surface area contributed by atoms with Crippen LogP contribution < -0.4 is 0 Å². The molecule has 7 nitrogen and oxygen atoms in total. The average Bonchev–Trinajstić information content (AvgIpc) is 4.02. The van der Waals surface area contributed by atoms with E-state index < -0.39 is 0 Å². The molecule has 0 unspecified atom stereocenters. The van der Waals surface area contributed by atoms with Gasteiger partial charge in [-0.05, 0) is 51.6 Å². The van der Waals surface area contributed by atoms with Crippen LogP contribution in [-0.4, -0.2) is 29.1 Å². The SMILES string of the molecule is c1ccc(-c2cccc(-c3nc(-c4ccccc4)nc(-n4c5ccccc5c5ccc6c7ccccc7n(-c7nc8ccc9ccc%10ccccc%10c9c8o7)c6c54)n3)c2)cc1. The summed E-state index contributed by atoms with van der Waals surface area (Å²) in [6, 6.07) is 67.8. The van der Waals surface area contributed by atoms with Crippen LogP contribution >= 0.6 is 0 Å². The Kier molecular flexibility index (Phi) is 7.17. The molecule has 0 aliphatic heterocycles. The highest BCUT2D eigenvalue weighted by molar-refractivity contribution is 6.24. The number of hydrogen-bond donors (Lipinski definition) is 0. The first-order chi connectivity index (χ1) is 30.2. The number of para-hydroxylation sites is 2. The Hall–Kier alpha value is -8.42. The first-order valence-electron chi connectivity index (χ1n) is 20.4. The van der Waals surface area contributed by atoms with Gasteiger partial charge in [0.05, 0.1) is 22.1 Å². The molecule has 61 heavy (non-hydrogen) atoms. The predicted octanol–water partition coefficient (Wildman–Crippen LogP) is 13.5. The van der Waals surface area contributed by atoms with Gasteiger partial charge in [0.25, 0.3) is 0 Å². The number of hydrogen-bond acceptors (Lipinski definition) is 5. The third-order valence-electron chi connectivity index (χ3n) is 12.0. The zero-order valence-corrected chi connectivity index (χ0v) is 32.6. The summed E-state index contributed by atoms with van der Waals surface area (Å²) in [6.07, 6.45) is 0. The maximum Gasteiger partial charge on any atom is 0.307 e. The van der Waals surface area contributed by atoms with E-state index >= 15 is 0 Å². The minimum Gasteiger partial charge on any atom is -0.422 e. The van der Waals surface area contributed by atoms with Gasteiger partial charge in [0, 0.05) is 38.1 Å². The normalized spacial score (nSPS) is 11.9. The smallest absolute Gasteiger partial charge is 0.307 e. The maximum absolute atomic E-state index is 7.02. The van der Waals surface area contributed by atoms with Crippen molar-refractivity contribution in [2.45, 2.75) is 0 Å². The van der Waals surface area contributed by atoms with Gasteiger partial charge in [-0.25, -0.2) is 4.98 Å². The standard InChI is InChI=1S/C54H32N6O/c1-3-14-33(15-4-1)37-19-13-20-38(32-37)52-56-51(36-17-5-2-6-18-36)57-53(58-52)59-45-24-11-9-22-40(45)42-29-30-43-41-23-10-12-25-46(41)60(49(43)48(42)59)54-55-44-31-28-35-27-26-34-16-7-8-21-39(34)47(35)50(44)61-54/h1-32H. The summed E-state index contributed by atoms with van der Waals surface area (Å²) < 4.78 is 11.4. The number of rotatable bonds is 5. The van der Waals surface area contributed by atoms with Gasteiger partial charge in [0.2, 0.25) is 5.95 Å². The molecule has 0 bridgehead atoms. The Labute approximate surface area is 348 Å². The van der Waals surface area contributed by atoms with E-state index in [4.69, 9.17) is 24.4 Å². The van der Waals surface area contributed by atoms with Crippen LogP contribution in [0.2, 0.25) is 0 Å². The van der Waals surface area contributed by atoms with E-state index in [1.807, 2.05) is 36.4 Å². The van der Waals surface area contributed by atoms with Gasteiger partial charge in [0.1, 0.15) is 5.52 Å². The molecular formula is C54H32N6O. The van der Waals surface area contributed by atoms with Crippen molar-refractivity contribution in [3.05, 3.63) is 194 Å². The van der Waals surface area contributed by atoms with Crippen LogP contribution in [0.1, 0.15) is 0 Å². The molecule has 4 aromatic heterocycles. The van der Waals surface area contributed by atoms with Crippen molar-refractivity contribution in [3.8, 4) is 45.9 Å². The fourth-order valence-electron chi connectivity index (χ4n) is 9.24. The maximum atomic E-state index is 7.02. The molecule has 13 aromatic rings. The topological polar surface area (TPSA) is 74.6 Å². The quantitative estimate of drug-likeness (QED) is 0.163. The molecule has 0 amide bonds. The number of aromatic nitrogens is 6. The highest BCUT2D eigenvalue weighted by atomic mass is 16.4. The molecule has 9 aromatic carbocycles. The van der Waals surface area contributed by atoms with E-state index in [1.165, 1.54) is 0 Å². The van der Waals surface area contributed by atoms with Gasteiger partial charge in [-0.3, -0.25) is 9.13 Å². The van der Waals surface area contributed by atoms with Gasteiger partial charge in [-0.2, -0.15) is 15.0 Å². The van der Waals surface area contributed by atoms with Gasteiger partial charge in [-0.15, -0.1) is 0 Å². The number of oxazole rings is 1. The molecule has 7 heteroatoms. The van der Waals surface area contributed by atoms with Crippen molar-refractivity contribution in [2.75, 3.05) is 0 Å². The highest BCUT2D eigenvalue weighted by Gasteiger charge is 2.25. The first-order valence-corrected chi connectivity index (χ1v) is 20.4. The molecule has 0 radical (unpaired) electrons. The van der Waals surface area contributed by atoms with E-state index in [-0.39, 0.29) is 0 Å². The molecule has 0 saturated heterocycles. The fourth-order valence-corrected chi connectivity index (χ4v) is 9.24. The van der Waals surface area contributed by atoms with Gasteiger partial charge in [0.15, 0.2) is 17.2 Å². The van der Waals surface area contributed by atoms with Crippen LogP contribution in [0.3, 0.4) is 0 Å². The Morgan fingerprint density at radius 2 is 0.918 bits per heavy atom. The molecule has 0 atom stereocenters. The number of fused-ring (bicyclic) bond motifs is 12. The first kappa shape index (κ1) is 33.5. The third-order valence-corrected chi connectivity index (χ3v) is 12.0. The van der Waals surface area contributed by atoms with Gasteiger partial charge < -0.3 is 4.42 Å². The van der Waals surface area contributed by atoms with Crippen LogP contribution in [0.25, 0.3) is 122 Å². The van der Waals surface area contributed by atoms with E-state index in [9.17, 15) is 0 Å². The molecule has 0 fully saturated rings. The lowest BCUT2D eigenvalue weighted by atomic mass is 10.0. The molecule has 0 N–H and O–H groups in total. The minimum absolute atomic E-state index is 0.491. The lowest BCUT2D eigenvalue weighted by Gasteiger charge is -2.12. The van der Waals surface area contributed by atoms with Crippen LogP contribution in [-0.2, 0) is 0 Å². The Morgan fingerprint density at radius 3 is 1.67 bits per heavy atom. The van der Waals surface area contributed by atoms with Crippen molar-refractivity contribution in [1.82, 2.24) is 29.1 Å². The van der Waals surface area contributed by atoms with Crippen molar-refractivity contribution in [1.29, 1.82) is 0 Å². The molecule has 0 saturated carbocycles. The van der Waals surface area contributed by atoms with Gasteiger partial charge in [-0.1, -0.05) is 170 Å². The van der Waals surface area contributed by atoms with E-state index in [0.29, 0.717) is 23.6 Å². The van der Waals surface area contributed by atoms with E-state index in [2.05, 4.69) is 167 Å². The Balaban J connectivity index is 1.14. The summed E-state index contributed by atoms with van der Waals surface area (Å²) in [5.74, 6) is 1.68. The van der Waals surface area contributed by atoms with Crippen molar-refractivity contribution < 1.29 is 4.42 Å². The summed E-state index contributed by atoms with van der Waals surface area (Å²) in [6.45, 7) is 0. The van der Waals surface area contributed by atoms with Crippen molar-refractivity contribution >= 4 is 76.3 Å². The molecular weight excluding hydrogens is 749 g/mol. The van der Waals surface area contributed by atoms with Crippen molar-refractivity contribution in [2.24, 2.45) is 0 Å². The largest absolute Gasteiger partial charge is 0.422 e. The Morgan fingerprint density at radius 1 is 0.361 bits per heavy atom. The van der Waals surface area contributed by atoms with Crippen LogP contribution in [0.4, 0.5) is 0 Å². The second-order valence-electron chi connectivity index (χ2n) is 15.5.